The molecule has 12 nitrogen and oxygen atoms in total. The molecule has 0 spiro atoms. The highest BCUT2D eigenvalue weighted by Crippen LogP contribution is 2.26. The van der Waals surface area contributed by atoms with Crippen molar-refractivity contribution < 1.29 is 58.2 Å². The molecule has 0 saturated carbocycles. The zero-order valence-corrected chi connectivity index (χ0v) is 47.8. The topological polar surface area (TPSA) is 175 Å². The van der Waals surface area contributed by atoms with Gasteiger partial charge in [-0.1, -0.05) is 230 Å². The number of hydrogen-bond donors (Lipinski definition) is 3. The molecule has 0 amide bonds. The number of carbonyl (C=O) groups is 4. The van der Waals surface area contributed by atoms with Crippen molar-refractivity contribution in [2.45, 2.75) is 314 Å². The zero-order valence-electron chi connectivity index (χ0n) is 47.8. The fourth-order valence-corrected chi connectivity index (χ4v) is 9.20. The Morgan fingerprint density at radius 1 is 0.453 bits per heavy atom. The summed E-state index contributed by atoms with van der Waals surface area (Å²) in [5.41, 5.74) is 0. The van der Waals surface area contributed by atoms with Crippen molar-refractivity contribution >= 4 is 23.9 Å². The Hall–Kier alpha value is -3.32. The van der Waals surface area contributed by atoms with E-state index >= 15 is 0 Å². The highest BCUT2D eigenvalue weighted by atomic mass is 16.7. The summed E-state index contributed by atoms with van der Waals surface area (Å²) in [6.07, 6.45) is 49.5. The van der Waals surface area contributed by atoms with Crippen LogP contribution in [0.5, 0.6) is 0 Å². The summed E-state index contributed by atoms with van der Waals surface area (Å²) in [6, 6.07) is 0. The van der Waals surface area contributed by atoms with Crippen molar-refractivity contribution in [3.63, 3.8) is 0 Å². The molecule has 12 heteroatoms. The molecule has 75 heavy (non-hydrogen) atoms. The molecule has 0 radical (unpaired) electrons. The normalized spacial score (nSPS) is 18.4. The smallest absolute Gasteiger partial charge is 0.335 e. The van der Waals surface area contributed by atoms with Gasteiger partial charge in [0, 0.05) is 19.3 Å². The van der Waals surface area contributed by atoms with Crippen LogP contribution in [0.4, 0.5) is 0 Å². The van der Waals surface area contributed by atoms with Crippen molar-refractivity contribution in [2.75, 3.05) is 13.2 Å². The number of carboxylic acids is 1. The van der Waals surface area contributed by atoms with E-state index in [-0.39, 0.29) is 25.9 Å². The summed E-state index contributed by atoms with van der Waals surface area (Å²) in [6.45, 7) is 5.86. The molecule has 3 N–H and O–H groups in total. The van der Waals surface area contributed by atoms with Crippen LogP contribution in [0, 0.1) is 0 Å². The zero-order chi connectivity index (χ0) is 54.7. The lowest BCUT2D eigenvalue weighted by Gasteiger charge is -2.40. The van der Waals surface area contributed by atoms with Crippen LogP contribution in [-0.4, -0.2) is 89.2 Å². The van der Waals surface area contributed by atoms with E-state index in [2.05, 4.69) is 69.4 Å². The van der Waals surface area contributed by atoms with Crippen LogP contribution in [0.25, 0.3) is 0 Å². The molecule has 0 bridgehead atoms. The fourth-order valence-electron chi connectivity index (χ4n) is 9.20. The lowest BCUT2D eigenvalue weighted by atomic mass is 9.98. The number of esters is 3. The molecule has 1 rings (SSSR count). The molecule has 0 aromatic heterocycles. The van der Waals surface area contributed by atoms with Gasteiger partial charge in [0.15, 0.2) is 24.6 Å². The number of unbranched alkanes of at least 4 members (excludes halogenated alkanes) is 30. The summed E-state index contributed by atoms with van der Waals surface area (Å²) < 4.78 is 28.4. The second kappa shape index (κ2) is 51.4. The minimum atomic E-state index is -1.90. The molecule has 0 aromatic rings. The van der Waals surface area contributed by atoms with Crippen LogP contribution in [0.15, 0.2) is 48.6 Å². The van der Waals surface area contributed by atoms with Gasteiger partial charge < -0.3 is 39.0 Å². The van der Waals surface area contributed by atoms with Gasteiger partial charge in [-0.05, 0) is 77.0 Å². The minimum Gasteiger partial charge on any atom is -0.479 e. The van der Waals surface area contributed by atoms with Crippen LogP contribution >= 0.6 is 0 Å². The average Bonchev–Trinajstić information content (AvgIpc) is 3.39. The third-order valence-corrected chi connectivity index (χ3v) is 13.9. The highest BCUT2D eigenvalue weighted by Gasteiger charge is 2.50. The van der Waals surface area contributed by atoms with Gasteiger partial charge in [0.1, 0.15) is 18.8 Å². The van der Waals surface area contributed by atoms with Gasteiger partial charge in [-0.2, -0.15) is 0 Å². The molecular weight excluding hydrogens is 949 g/mol. The van der Waals surface area contributed by atoms with Crippen LogP contribution in [-0.2, 0) is 42.9 Å². The van der Waals surface area contributed by atoms with Crippen molar-refractivity contribution in [3.8, 4) is 0 Å². The first-order chi connectivity index (χ1) is 36.6. The predicted octanol–water partition coefficient (Wildman–Crippen LogP) is 15.8. The summed E-state index contributed by atoms with van der Waals surface area (Å²) in [5, 5.41) is 31.4. The van der Waals surface area contributed by atoms with Crippen LogP contribution < -0.4 is 0 Å². The van der Waals surface area contributed by atoms with E-state index in [0.29, 0.717) is 19.3 Å². The maximum absolute atomic E-state index is 13.2. The Kier molecular flexibility index (Phi) is 47.8. The van der Waals surface area contributed by atoms with Crippen molar-refractivity contribution in [3.05, 3.63) is 48.6 Å². The third-order valence-electron chi connectivity index (χ3n) is 13.9. The summed E-state index contributed by atoms with van der Waals surface area (Å²) in [4.78, 5) is 51.1. The summed E-state index contributed by atoms with van der Waals surface area (Å²) >= 11 is 0. The van der Waals surface area contributed by atoms with Gasteiger partial charge in [0.2, 0.25) is 0 Å². The van der Waals surface area contributed by atoms with Gasteiger partial charge in [0.25, 0.3) is 0 Å². The Bertz CT molecular complexity index is 1490. The number of rotatable bonds is 52. The van der Waals surface area contributed by atoms with E-state index < -0.39 is 67.3 Å². The lowest BCUT2D eigenvalue weighted by molar-refractivity contribution is -0.301. The monoisotopic (exact) mass is 1060 g/mol. The number of aliphatic hydroxyl groups excluding tert-OH is 2. The molecule has 1 aliphatic rings. The highest BCUT2D eigenvalue weighted by molar-refractivity contribution is 5.74. The van der Waals surface area contributed by atoms with Gasteiger partial charge >= 0.3 is 23.9 Å². The van der Waals surface area contributed by atoms with Gasteiger partial charge in [0.05, 0.1) is 6.61 Å². The van der Waals surface area contributed by atoms with Crippen LogP contribution in [0.3, 0.4) is 0 Å². The number of allylic oxidation sites excluding steroid dienone is 8. The van der Waals surface area contributed by atoms with Crippen LogP contribution in [0.2, 0.25) is 0 Å². The molecule has 1 fully saturated rings. The third kappa shape index (κ3) is 41.5. The molecular formula is C63H110O12. The number of carbonyl (C=O) groups excluding carboxylic acids is 3. The molecule has 6 atom stereocenters. The summed E-state index contributed by atoms with van der Waals surface area (Å²) in [5.74, 6) is -3.12. The van der Waals surface area contributed by atoms with E-state index in [9.17, 15) is 34.5 Å². The van der Waals surface area contributed by atoms with Crippen molar-refractivity contribution in [1.29, 1.82) is 0 Å². The maximum atomic E-state index is 13.2. The molecule has 6 unspecified atom stereocenters. The molecule has 1 heterocycles. The van der Waals surface area contributed by atoms with E-state index in [4.69, 9.17) is 23.7 Å². The Morgan fingerprint density at radius 3 is 1.29 bits per heavy atom. The number of aliphatic hydroxyl groups is 2. The second-order valence-corrected chi connectivity index (χ2v) is 21.0. The SMILES string of the molecule is CC/C=C\C/C=C\C/C=C\CCCCCCCCCC(=O)OC(COC(=O)CCCCCCCCCCC/C=C\CCCCCCCC)COC1OC(C(=O)O)C(O)C(O)C1OC(=O)CCCCCCCCCCC. The Labute approximate surface area is 456 Å². The van der Waals surface area contributed by atoms with E-state index in [1.54, 1.807) is 0 Å². The molecule has 434 valence electrons. The molecule has 1 saturated heterocycles. The second-order valence-electron chi connectivity index (χ2n) is 21.0. The number of carboxylic acid groups (broad SMARTS) is 1. The van der Waals surface area contributed by atoms with Crippen molar-refractivity contribution in [1.82, 2.24) is 0 Å². The standard InChI is InChI=1S/C63H110O12/c1-4-7-10-13-16-19-21-23-25-27-28-30-31-33-35-38-40-43-46-49-55(64)71-52-54(73-56(65)50-47-44-42-39-36-34-32-29-26-24-22-20-17-14-11-8-5-2)53-72-63-61(59(68)58(67)60(75-63)62(69)70)74-57(66)51-48-45-41-37-18-15-12-9-6-3/h8,11,17,20,23-26,54,58-61,63,67-68H,4-7,9-10,12-16,18-19,21-22,27-53H2,1-3H3,(H,69,70)/b11-8-,20-17-,25-23-,26-24-. The quantitative estimate of drug-likeness (QED) is 0.0228. The number of aliphatic carboxylic acids is 1. The average molecular weight is 1060 g/mol. The fraction of sp³-hybridized carbons (Fsp3) is 0.810. The summed E-state index contributed by atoms with van der Waals surface area (Å²) in [7, 11) is 0. The van der Waals surface area contributed by atoms with Gasteiger partial charge in [-0.3, -0.25) is 14.4 Å². The Balaban J connectivity index is 2.64. The van der Waals surface area contributed by atoms with Crippen molar-refractivity contribution in [2.24, 2.45) is 0 Å². The van der Waals surface area contributed by atoms with Gasteiger partial charge in [-0.15, -0.1) is 0 Å². The maximum Gasteiger partial charge on any atom is 0.335 e. The Morgan fingerprint density at radius 2 is 0.840 bits per heavy atom. The molecule has 1 aliphatic heterocycles. The molecule has 0 aromatic carbocycles. The minimum absolute atomic E-state index is 0.0613. The van der Waals surface area contributed by atoms with E-state index in [0.717, 1.165) is 109 Å². The first-order valence-corrected chi connectivity index (χ1v) is 30.6. The van der Waals surface area contributed by atoms with E-state index in [1.165, 1.54) is 109 Å². The van der Waals surface area contributed by atoms with Gasteiger partial charge in [-0.25, -0.2) is 4.79 Å². The number of ether oxygens (including phenoxy) is 5. The molecule has 0 aliphatic carbocycles. The van der Waals surface area contributed by atoms with E-state index in [1.807, 2.05) is 0 Å². The first-order valence-electron chi connectivity index (χ1n) is 30.6. The predicted molar refractivity (Wildman–Crippen MR) is 303 cm³/mol. The van der Waals surface area contributed by atoms with Crippen LogP contribution in [0.1, 0.15) is 278 Å². The number of hydrogen-bond acceptors (Lipinski definition) is 11. The lowest BCUT2D eigenvalue weighted by Crippen LogP contribution is -2.61. The largest absolute Gasteiger partial charge is 0.479 e. The first kappa shape index (κ1) is 69.7.